The number of aryl methyl sites for hydroxylation is 1. The standard InChI is InChI=1S/C14H21NO3/c1-5-11(14(16)18-4)9-15-12-8-10(2)6-7-13(12)17-3/h6-8,11,15H,5,9H2,1-4H3. The van der Waals surface area contributed by atoms with Gasteiger partial charge in [0.05, 0.1) is 25.8 Å². The first-order valence-electron chi connectivity index (χ1n) is 6.08. The van der Waals surface area contributed by atoms with Gasteiger partial charge < -0.3 is 14.8 Å². The number of benzene rings is 1. The first kappa shape index (κ1) is 14.4. The number of anilines is 1. The number of carbonyl (C=O) groups excluding carboxylic acids is 1. The number of esters is 1. The molecule has 18 heavy (non-hydrogen) atoms. The van der Waals surface area contributed by atoms with Crippen molar-refractivity contribution in [2.45, 2.75) is 20.3 Å². The van der Waals surface area contributed by atoms with E-state index in [1.165, 1.54) is 7.11 Å². The minimum atomic E-state index is -0.184. The second-order valence-corrected chi connectivity index (χ2v) is 4.21. The Labute approximate surface area is 108 Å². The molecule has 0 aliphatic rings. The Balaban J connectivity index is 2.72. The number of carbonyl (C=O) groups is 1. The summed E-state index contributed by atoms with van der Waals surface area (Å²) >= 11 is 0. The third kappa shape index (κ3) is 3.65. The summed E-state index contributed by atoms with van der Waals surface area (Å²) in [5, 5.41) is 3.25. The summed E-state index contributed by atoms with van der Waals surface area (Å²) < 4.78 is 10.0. The molecule has 0 fully saturated rings. The Morgan fingerprint density at radius 3 is 2.67 bits per heavy atom. The minimum Gasteiger partial charge on any atom is -0.495 e. The predicted molar refractivity (Wildman–Crippen MR) is 72.0 cm³/mol. The number of methoxy groups -OCH3 is 2. The highest BCUT2D eigenvalue weighted by Gasteiger charge is 2.17. The lowest BCUT2D eigenvalue weighted by molar-refractivity contribution is -0.145. The summed E-state index contributed by atoms with van der Waals surface area (Å²) in [6.07, 6.45) is 0.744. The van der Waals surface area contributed by atoms with Gasteiger partial charge in [0.15, 0.2) is 0 Å². The number of hydrogen-bond donors (Lipinski definition) is 1. The smallest absolute Gasteiger partial charge is 0.310 e. The molecule has 100 valence electrons. The first-order valence-corrected chi connectivity index (χ1v) is 6.08. The van der Waals surface area contributed by atoms with E-state index in [2.05, 4.69) is 5.32 Å². The van der Waals surface area contributed by atoms with Gasteiger partial charge in [-0.15, -0.1) is 0 Å². The monoisotopic (exact) mass is 251 g/mol. The molecule has 1 unspecified atom stereocenters. The molecule has 4 nitrogen and oxygen atoms in total. The van der Waals surface area contributed by atoms with Gasteiger partial charge in [-0.05, 0) is 31.0 Å². The van der Waals surface area contributed by atoms with Gasteiger partial charge in [-0.25, -0.2) is 0 Å². The third-order valence-electron chi connectivity index (χ3n) is 2.92. The van der Waals surface area contributed by atoms with Crippen molar-refractivity contribution in [1.82, 2.24) is 0 Å². The van der Waals surface area contributed by atoms with Crippen molar-refractivity contribution < 1.29 is 14.3 Å². The number of ether oxygens (including phenoxy) is 2. The summed E-state index contributed by atoms with van der Waals surface area (Å²) in [6.45, 7) is 4.53. The van der Waals surface area contributed by atoms with E-state index in [9.17, 15) is 4.79 Å². The van der Waals surface area contributed by atoms with Crippen LogP contribution in [0, 0.1) is 12.8 Å². The van der Waals surface area contributed by atoms with Gasteiger partial charge in [0.2, 0.25) is 0 Å². The summed E-state index contributed by atoms with van der Waals surface area (Å²) in [5.74, 6) is 0.456. The summed E-state index contributed by atoms with van der Waals surface area (Å²) in [7, 11) is 3.05. The van der Waals surface area contributed by atoms with E-state index >= 15 is 0 Å². The van der Waals surface area contributed by atoms with Crippen molar-refractivity contribution in [2.24, 2.45) is 5.92 Å². The van der Waals surface area contributed by atoms with Crippen LogP contribution in [0.3, 0.4) is 0 Å². The van der Waals surface area contributed by atoms with E-state index < -0.39 is 0 Å². The molecule has 4 heteroatoms. The Kier molecular flexibility index (Phi) is 5.49. The molecular formula is C14H21NO3. The molecule has 0 bridgehead atoms. The van der Waals surface area contributed by atoms with E-state index in [-0.39, 0.29) is 11.9 Å². The quantitative estimate of drug-likeness (QED) is 0.789. The summed E-state index contributed by atoms with van der Waals surface area (Å²) in [5.41, 5.74) is 2.05. The van der Waals surface area contributed by atoms with Crippen molar-refractivity contribution in [3.63, 3.8) is 0 Å². The zero-order chi connectivity index (χ0) is 13.5. The SMILES string of the molecule is CCC(CNc1cc(C)ccc1OC)C(=O)OC. The van der Waals surface area contributed by atoms with Crippen LogP contribution in [0.4, 0.5) is 5.69 Å². The van der Waals surface area contributed by atoms with Crippen molar-refractivity contribution >= 4 is 11.7 Å². The van der Waals surface area contributed by atoms with E-state index in [1.54, 1.807) is 7.11 Å². The maximum atomic E-state index is 11.5. The maximum absolute atomic E-state index is 11.5. The van der Waals surface area contributed by atoms with E-state index in [1.807, 2.05) is 32.0 Å². The highest BCUT2D eigenvalue weighted by Crippen LogP contribution is 2.25. The molecule has 0 aliphatic heterocycles. The van der Waals surface area contributed by atoms with Crippen molar-refractivity contribution in [2.75, 3.05) is 26.1 Å². The molecule has 1 aromatic carbocycles. The highest BCUT2D eigenvalue weighted by molar-refractivity contribution is 5.73. The number of hydrogen-bond acceptors (Lipinski definition) is 4. The lowest BCUT2D eigenvalue weighted by Gasteiger charge is -2.16. The largest absolute Gasteiger partial charge is 0.495 e. The van der Waals surface area contributed by atoms with Crippen molar-refractivity contribution in [3.05, 3.63) is 23.8 Å². The van der Waals surface area contributed by atoms with Gasteiger partial charge in [0.1, 0.15) is 5.75 Å². The maximum Gasteiger partial charge on any atom is 0.310 e. The Hall–Kier alpha value is -1.71. The number of nitrogens with one attached hydrogen (secondary N) is 1. The van der Waals surface area contributed by atoms with E-state index in [4.69, 9.17) is 9.47 Å². The first-order chi connectivity index (χ1) is 8.62. The Morgan fingerprint density at radius 2 is 2.11 bits per heavy atom. The molecule has 0 saturated heterocycles. The molecule has 0 amide bonds. The predicted octanol–water partition coefficient (Wildman–Crippen LogP) is 2.61. The van der Waals surface area contributed by atoms with Crippen LogP contribution in [-0.2, 0) is 9.53 Å². The molecule has 0 radical (unpaired) electrons. The Bertz CT molecular complexity index is 404. The third-order valence-corrected chi connectivity index (χ3v) is 2.92. The second kappa shape index (κ2) is 6.89. The molecule has 0 spiro atoms. The van der Waals surface area contributed by atoms with Gasteiger partial charge in [0.25, 0.3) is 0 Å². The molecule has 0 aromatic heterocycles. The normalized spacial score (nSPS) is 11.8. The lowest BCUT2D eigenvalue weighted by atomic mass is 10.1. The Morgan fingerprint density at radius 1 is 1.39 bits per heavy atom. The van der Waals surface area contributed by atoms with Crippen LogP contribution in [0.15, 0.2) is 18.2 Å². The van der Waals surface area contributed by atoms with Crippen molar-refractivity contribution in [1.29, 1.82) is 0 Å². The molecule has 1 aromatic rings. The fourth-order valence-corrected chi connectivity index (χ4v) is 1.75. The lowest BCUT2D eigenvalue weighted by Crippen LogP contribution is -2.23. The van der Waals surface area contributed by atoms with Crippen LogP contribution in [0.5, 0.6) is 5.75 Å². The molecule has 0 saturated carbocycles. The zero-order valence-corrected chi connectivity index (χ0v) is 11.4. The average molecular weight is 251 g/mol. The molecule has 0 aliphatic carbocycles. The molecular weight excluding hydrogens is 230 g/mol. The van der Waals surface area contributed by atoms with Crippen LogP contribution < -0.4 is 10.1 Å². The zero-order valence-electron chi connectivity index (χ0n) is 11.4. The van der Waals surface area contributed by atoms with Crippen LogP contribution in [-0.4, -0.2) is 26.7 Å². The second-order valence-electron chi connectivity index (χ2n) is 4.21. The van der Waals surface area contributed by atoms with Gasteiger partial charge in [-0.1, -0.05) is 13.0 Å². The fourth-order valence-electron chi connectivity index (χ4n) is 1.75. The average Bonchev–Trinajstić information content (AvgIpc) is 2.39. The van der Waals surface area contributed by atoms with Gasteiger partial charge in [-0.3, -0.25) is 4.79 Å². The van der Waals surface area contributed by atoms with E-state index in [0.717, 1.165) is 23.4 Å². The van der Waals surface area contributed by atoms with Crippen LogP contribution in [0.2, 0.25) is 0 Å². The van der Waals surface area contributed by atoms with E-state index in [0.29, 0.717) is 6.54 Å². The minimum absolute atomic E-state index is 0.139. The fraction of sp³-hybridized carbons (Fsp3) is 0.500. The van der Waals surface area contributed by atoms with Crippen LogP contribution in [0.25, 0.3) is 0 Å². The number of rotatable bonds is 6. The van der Waals surface area contributed by atoms with Gasteiger partial charge in [0, 0.05) is 6.54 Å². The molecule has 1 atom stereocenters. The van der Waals surface area contributed by atoms with Gasteiger partial charge >= 0.3 is 5.97 Å². The van der Waals surface area contributed by atoms with Crippen LogP contribution >= 0.6 is 0 Å². The summed E-state index contributed by atoms with van der Waals surface area (Å²) in [4.78, 5) is 11.5. The highest BCUT2D eigenvalue weighted by atomic mass is 16.5. The molecule has 1 rings (SSSR count). The van der Waals surface area contributed by atoms with Gasteiger partial charge in [-0.2, -0.15) is 0 Å². The summed E-state index contributed by atoms with van der Waals surface area (Å²) in [6, 6.07) is 5.90. The van der Waals surface area contributed by atoms with Crippen molar-refractivity contribution in [3.8, 4) is 5.75 Å². The molecule has 1 N–H and O–H groups in total. The topological polar surface area (TPSA) is 47.6 Å². The van der Waals surface area contributed by atoms with Crippen LogP contribution in [0.1, 0.15) is 18.9 Å². The molecule has 0 heterocycles.